The van der Waals surface area contributed by atoms with E-state index in [2.05, 4.69) is 20.6 Å². The Balaban J connectivity index is 1.17. The van der Waals surface area contributed by atoms with E-state index >= 15 is 4.39 Å². The third-order valence-electron chi connectivity index (χ3n) is 7.54. The molecule has 0 atom stereocenters. The third kappa shape index (κ3) is 6.67. The van der Waals surface area contributed by atoms with Crippen LogP contribution in [0.15, 0.2) is 94.9 Å². The highest BCUT2D eigenvalue weighted by molar-refractivity contribution is 6.04. The molecule has 0 saturated carbocycles. The first-order chi connectivity index (χ1) is 23.1. The number of pyridine rings is 2. The highest BCUT2D eigenvalue weighted by Gasteiger charge is 2.22. The van der Waals surface area contributed by atoms with Gasteiger partial charge in [0.15, 0.2) is 11.6 Å². The minimum Gasteiger partial charge on any atom is -0.454 e. The Kier molecular flexibility index (Phi) is 8.79. The molecule has 1 aliphatic heterocycles. The predicted octanol–water partition coefficient (Wildman–Crippen LogP) is 5.56. The van der Waals surface area contributed by atoms with Gasteiger partial charge in [-0.15, -0.1) is 0 Å². The number of hydrogen-bond acceptors (Lipinski definition) is 8. The summed E-state index contributed by atoms with van der Waals surface area (Å²) < 4.78 is 36.4. The SMILES string of the molecule is CC(C)n1cc(C(=O)Nc2ccc(Oc3ccnc(Nc4ccc(N5CCCC5=O)cn4)c3)c(F)c2)c(=O)n(-c2ccc(F)cc2)c1=O. The van der Waals surface area contributed by atoms with Crippen LogP contribution in [0.2, 0.25) is 0 Å². The molecule has 0 spiro atoms. The molecule has 244 valence electrons. The highest BCUT2D eigenvalue weighted by Crippen LogP contribution is 2.29. The Morgan fingerprint density at radius 2 is 1.69 bits per heavy atom. The van der Waals surface area contributed by atoms with E-state index in [1.165, 1.54) is 41.1 Å². The van der Waals surface area contributed by atoms with Crippen LogP contribution in [0.5, 0.6) is 11.5 Å². The number of rotatable bonds is 9. The maximum absolute atomic E-state index is 15.2. The molecular formula is C34H29F2N7O5. The fourth-order valence-electron chi connectivity index (χ4n) is 5.12. The molecule has 2 amide bonds. The van der Waals surface area contributed by atoms with E-state index in [1.807, 2.05) is 0 Å². The molecule has 2 aromatic carbocycles. The molecule has 4 heterocycles. The van der Waals surface area contributed by atoms with E-state index in [4.69, 9.17) is 4.74 Å². The molecule has 0 aliphatic carbocycles. The largest absolute Gasteiger partial charge is 0.454 e. The van der Waals surface area contributed by atoms with Crippen molar-refractivity contribution in [3.63, 3.8) is 0 Å². The van der Waals surface area contributed by atoms with Crippen molar-refractivity contribution in [1.82, 2.24) is 19.1 Å². The number of aromatic nitrogens is 4. The van der Waals surface area contributed by atoms with Gasteiger partial charge in [-0.1, -0.05) is 0 Å². The zero-order valence-corrected chi connectivity index (χ0v) is 25.8. The van der Waals surface area contributed by atoms with Gasteiger partial charge in [-0.3, -0.25) is 19.0 Å². The second-order valence-electron chi connectivity index (χ2n) is 11.2. The summed E-state index contributed by atoms with van der Waals surface area (Å²) in [5.41, 5.74) is -1.17. The monoisotopic (exact) mass is 653 g/mol. The van der Waals surface area contributed by atoms with Crippen molar-refractivity contribution in [2.24, 2.45) is 0 Å². The number of nitrogens with zero attached hydrogens (tertiary/aromatic N) is 5. The van der Waals surface area contributed by atoms with Crippen LogP contribution < -0.4 is 31.5 Å². The van der Waals surface area contributed by atoms with Crippen LogP contribution in [0, 0.1) is 11.6 Å². The number of anilines is 4. The molecule has 6 rings (SSSR count). The van der Waals surface area contributed by atoms with Gasteiger partial charge in [0.2, 0.25) is 5.91 Å². The standard InChI is InChI=1S/C34H29F2N7O5/c1-20(2)42-19-26(33(46)43(34(42)47)23-8-5-21(35)6-9-23)32(45)39-22-7-11-28(27(36)16-22)48-25-13-14-37-30(17-25)40-29-12-10-24(18-38-29)41-15-3-4-31(41)44/h5-14,16-20H,3-4,15H2,1-2H3,(H,39,45)(H,37,38,40). The molecular weight excluding hydrogens is 624 g/mol. The van der Waals surface area contributed by atoms with Crippen molar-refractivity contribution < 1.29 is 23.1 Å². The lowest BCUT2D eigenvalue weighted by Crippen LogP contribution is -2.42. The van der Waals surface area contributed by atoms with Gasteiger partial charge in [0.05, 0.1) is 17.6 Å². The van der Waals surface area contributed by atoms with Crippen LogP contribution >= 0.6 is 0 Å². The maximum Gasteiger partial charge on any atom is 0.335 e. The van der Waals surface area contributed by atoms with Gasteiger partial charge in [0.1, 0.15) is 28.8 Å². The summed E-state index contributed by atoms with van der Waals surface area (Å²) in [5, 5.41) is 5.54. The first-order valence-electron chi connectivity index (χ1n) is 15.0. The van der Waals surface area contributed by atoms with E-state index in [9.17, 15) is 23.6 Å². The summed E-state index contributed by atoms with van der Waals surface area (Å²) in [4.78, 5) is 61.9. The molecule has 14 heteroatoms. The summed E-state index contributed by atoms with van der Waals surface area (Å²) in [5.74, 6) is -1.20. The first kappa shape index (κ1) is 31.8. The van der Waals surface area contributed by atoms with Gasteiger partial charge in [-0.25, -0.2) is 28.1 Å². The fourth-order valence-corrected chi connectivity index (χ4v) is 5.12. The molecule has 0 bridgehead atoms. The van der Waals surface area contributed by atoms with Gasteiger partial charge < -0.3 is 20.3 Å². The van der Waals surface area contributed by atoms with Crippen LogP contribution in [0.25, 0.3) is 5.69 Å². The van der Waals surface area contributed by atoms with Crippen molar-refractivity contribution in [1.29, 1.82) is 0 Å². The van der Waals surface area contributed by atoms with Gasteiger partial charge >= 0.3 is 5.69 Å². The van der Waals surface area contributed by atoms with Gasteiger partial charge in [-0.05, 0) is 74.9 Å². The van der Waals surface area contributed by atoms with Gasteiger partial charge in [0.25, 0.3) is 11.5 Å². The number of nitrogens with one attached hydrogen (secondary N) is 2. The molecule has 0 unspecified atom stereocenters. The Morgan fingerprint density at radius 3 is 2.35 bits per heavy atom. The summed E-state index contributed by atoms with van der Waals surface area (Å²) >= 11 is 0. The Morgan fingerprint density at radius 1 is 0.917 bits per heavy atom. The fraction of sp³-hybridized carbons (Fsp3) is 0.176. The minimum atomic E-state index is -0.920. The quantitative estimate of drug-likeness (QED) is 0.211. The Hall–Kier alpha value is -6.18. The van der Waals surface area contributed by atoms with Crippen molar-refractivity contribution in [2.45, 2.75) is 32.7 Å². The van der Waals surface area contributed by atoms with E-state index in [0.29, 0.717) is 30.3 Å². The molecule has 2 N–H and O–H groups in total. The molecule has 0 radical (unpaired) electrons. The van der Waals surface area contributed by atoms with Crippen molar-refractivity contribution in [2.75, 3.05) is 22.1 Å². The molecule has 12 nitrogen and oxygen atoms in total. The molecule has 3 aromatic heterocycles. The summed E-state index contributed by atoms with van der Waals surface area (Å²) in [7, 11) is 0. The van der Waals surface area contributed by atoms with Crippen LogP contribution in [0.4, 0.5) is 31.8 Å². The number of halogens is 2. The van der Waals surface area contributed by atoms with Crippen LogP contribution in [-0.2, 0) is 4.79 Å². The second kappa shape index (κ2) is 13.3. The number of amides is 2. The van der Waals surface area contributed by atoms with Crippen LogP contribution in [-0.4, -0.2) is 37.5 Å². The molecule has 5 aromatic rings. The Labute approximate surface area is 272 Å². The van der Waals surface area contributed by atoms with Crippen molar-refractivity contribution in [3.05, 3.63) is 123 Å². The minimum absolute atomic E-state index is 0.0297. The van der Waals surface area contributed by atoms with E-state index in [0.717, 1.165) is 35.4 Å². The Bertz CT molecular complexity index is 2130. The zero-order chi connectivity index (χ0) is 33.9. The van der Waals surface area contributed by atoms with Gasteiger partial charge in [-0.2, -0.15) is 0 Å². The van der Waals surface area contributed by atoms with Crippen LogP contribution in [0.3, 0.4) is 0 Å². The number of benzene rings is 2. The second-order valence-corrected chi connectivity index (χ2v) is 11.2. The summed E-state index contributed by atoms with van der Waals surface area (Å²) in [6.07, 6.45) is 5.55. The average molecular weight is 654 g/mol. The maximum atomic E-state index is 15.2. The summed E-state index contributed by atoms with van der Waals surface area (Å²) in [6.45, 7) is 4.06. The number of ether oxygens (including phenoxy) is 1. The third-order valence-corrected chi connectivity index (χ3v) is 7.54. The smallest absolute Gasteiger partial charge is 0.335 e. The highest BCUT2D eigenvalue weighted by atomic mass is 19.1. The molecule has 1 fully saturated rings. The number of hydrogen-bond donors (Lipinski definition) is 2. The van der Waals surface area contributed by atoms with Crippen LogP contribution in [0.1, 0.15) is 43.1 Å². The van der Waals surface area contributed by atoms with Crippen molar-refractivity contribution >= 4 is 34.8 Å². The van der Waals surface area contributed by atoms with E-state index in [-0.39, 0.29) is 34.3 Å². The van der Waals surface area contributed by atoms with E-state index in [1.54, 1.807) is 43.1 Å². The van der Waals surface area contributed by atoms with Gasteiger partial charge in [0, 0.05) is 49.2 Å². The summed E-state index contributed by atoms with van der Waals surface area (Å²) in [6, 6.07) is 14.6. The zero-order valence-electron chi connectivity index (χ0n) is 25.8. The number of carbonyl (C=O) groups is 2. The first-order valence-corrected chi connectivity index (χ1v) is 15.0. The lowest BCUT2D eigenvalue weighted by atomic mass is 10.2. The van der Waals surface area contributed by atoms with E-state index < -0.39 is 34.8 Å². The lowest BCUT2D eigenvalue weighted by molar-refractivity contribution is -0.117. The average Bonchev–Trinajstić information content (AvgIpc) is 3.49. The predicted molar refractivity (Wildman–Crippen MR) is 174 cm³/mol. The number of carbonyl (C=O) groups excluding carboxylic acids is 2. The molecule has 48 heavy (non-hydrogen) atoms. The topological polar surface area (TPSA) is 140 Å². The molecule has 1 aliphatic rings. The van der Waals surface area contributed by atoms with Crippen molar-refractivity contribution in [3.8, 4) is 17.2 Å². The normalized spacial score (nSPS) is 12.8. The lowest BCUT2D eigenvalue weighted by Gasteiger charge is -2.16. The molecule has 1 saturated heterocycles.